The molecule has 0 amide bonds. The normalized spacial score (nSPS) is 26.0. The molecule has 1 fully saturated rings. The third-order valence-corrected chi connectivity index (χ3v) is 4.84. The molecular weight excluding hydrogens is 312 g/mol. The van der Waals surface area contributed by atoms with Gasteiger partial charge in [-0.3, -0.25) is 11.3 Å². The molecule has 1 aliphatic rings. The zero-order chi connectivity index (χ0) is 13.1. The van der Waals surface area contributed by atoms with Gasteiger partial charge in [0.15, 0.2) is 0 Å². The Labute approximate surface area is 122 Å². The molecule has 18 heavy (non-hydrogen) atoms. The zero-order valence-electron chi connectivity index (χ0n) is 10.6. The molecule has 0 aromatic heterocycles. The lowest BCUT2D eigenvalue weighted by Gasteiger charge is -2.33. The van der Waals surface area contributed by atoms with Crippen LogP contribution in [0.1, 0.15) is 44.2 Å². The van der Waals surface area contributed by atoms with Gasteiger partial charge in [0.2, 0.25) is 0 Å². The summed E-state index contributed by atoms with van der Waals surface area (Å²) in [5.41, 5.74) is 4.07. The lowest BCUT2D eigenvalue weighted by Crippen LogP contribution is -2.35. The van der Waals surface area contributed by atoms with Crippen LogP contribution < -0.4 is 11.3 Å². The predicted octanol–water partition coefficient (Wildman–Crippen LogP) is 4.43. The summed E-state index contributed by atoms with van der Waals surface area (Å²) >= 11 is 9.80. The first kappa shape index (κ1) is 14.3. The van der Waals surface area contributed by atoms with E-state index in [1.165, 1.54) is 25.7 Å². The molecule has 4 heteroatoms. The number of nitrogens with two attached hydrogens (primary N) is 1. The highest BCUT2D eigenvalue weighted by Crippen LogP contribution is 2.39. The van der Waals surface area contributed by atoms with Crippen LogP contribution in [-0.2, 0) is 0 Å². The molecule has 1 aromatic carbocycles. The van der Waals surface area contributed by atoms with Crippen LogP contribution in [0.25, 0.3) is 0 Å². The summed E-state index contributed by atoms with van der Waals surface area (Å²) in [5, 5.41) is 0.791. The van der Waals surface area contributed by atoms with Gasteiger partial charge < -0.3 is 0 Å². The second kappa shape index (κ2) is 6.38. The number of hydrogen-bond donors (Lipinski definition) is 2. The van der Waals surface area contributed by atoms with Crippen LogP contribution in [0, 0.1) is 11.8 Å². The molecule has 0 spiro atoms. The van der Waals surface area contributed by atoms with Gasteiger partial charge in [0.1, 0.15) is 0 Å². The Morgan fingerprint density at radius 2 is 2.00 bits per heavy atom. The van der Waals surface area contributed by atoms with E-state index in [0.717, 1.165) is 21.0 Å². The van der Waals surface area contributed by atoms with Gasteiger partial charge in [-0.1, -0.05) is 47.3 Å². The van der Waals surface area contributed by atoms with Crippen LogP contribution in [0.2, 0.25) is 5.02 Å². The summed E-state index contributed by atoms with van der Waals surface area (Å²) in [6.45, 7) is 2.33. The maximum Gasteiger partial charge on any atom is 0.0503 e. The highest BCUT2D eigenvalue weighted by Gasteiger charge is 2.27. The first-order valence-electron chi connectivity index (χ1n) is 6.53. The monoisotopic (exact) mass is 330 g/mol. The van der Waals surface area contributed by atoms with E-state index in [-0.39, 0.29) is 6.04 Å². The van der Waals surface area contributed by atoms with Crippen molar-refractivity contribution in [1.29, 1.82) is 0 Å². The number of halogens is 2. The van der Waals surface area contributed by atoms with Crippen molar-refractivity contribution in [2.45, 2.75) is 38.6 Å². The Kier molecular flexibility index (Phi) is 5.07. The van der Waals surface area contributed by atoms with Gasteiger partial charge in [0, 0.05) is 9.50 Å². The van der Waals surface area contributed by atoms with Gasteiger partial charge >= 0.3 is 0 Å². The summed E-state index contributed by atoms with van der Waals surface area (Å²) in [5.74, 6) is 7.19. The molecule has 2 rings (SSSR count). The molecule has 1 saturated carbocycles. The minimum Gasteiger partial charge on any atom is -0.271 e. The minimum absolute atomic E-state index is 0.155. The number of benzene rings is 1. The van der Waals surface area contributed by atoms with Gasteiger partial charge in [0.05, 0.1) is 6.04 Å². The second-order valence-electron chi connectivity index (χ2n) is 5.33. The van der Waals surface area contributed by atoms with Crippen molar-refractivity contribution in [3.05, 3.63) is 33.3 Å². The van der Waals surface area contributed by atoms with Crippen molar-refractivity contribution in [2.75, 3.05) is 0 Å². The van der Waals surface area contributed by atoms with Crippen molar-refractivity contribution in [2.24, 2.45) is 17.7 Å². The topological polar surface area (TPSA) is 38.0 Å². The van der Waals surface area contributed by atoms with E-state index in [1.54, 1.807) is 0 Å². The standard InChI is InChI=1S/C14H20BrClN2/c1-9-2-4-10(5-3-9)14(18-17)12-8-11(15)6-7-13(12)16/h6-10,14,18H,2-5,17H2,1H3. The largest absolute Gasteiger partial charge is 0.271 e. The summed E-state index contributed by atoms with van der Waals surface area (Å²) < 4.78 is 1.05. The highest BCUT2D eigenvalue weighted by molar-refractivity contribution is 9.10. The van der Waals surface area contributed by atoms with Crippen LogP contribution >= 0.6 is 27.5 Å². The van der Waals surface area contributed by atoms with Crippen molar-refractivity contribution in [3.8, 4) is 0 Å². The van der Waals surface area contributed by atoms with Gasteiger partial charge in [-0.2, -0.15) is 0 Å². The minimum atomic E-state index is 0.155. The molecule has 0 heterocycles. The summed E-state index contributed by atoms with van der Waals surface area (Å²) in [7, 11) is 0. The lowest BCUT2D eigenvalue weighted by molar-refractivity contribution is 0.232. The van der Waals surface area contributed by atoms with Gasteiger partial charge in [0.25, 0.3) is 0 Å². The molecule has 1 unspecified atom stereocenters. The van der Waals surface area contributed by atoms with E-state index in [0.29, 0.717) is 5.92 Å². The summed E-state index contributed by atoms with van der Waals surface area (Å²) in [6.07, 6.45) is 5.01. The maximum atomic E-state index is 6.30. The average Bonchev–Trinajstić information content (AvgIpc) is 2.37. The van der Waals surface area contributed by atoms with E-state index >= 15 is 0 Å². The van der Waals surface area contributed by atoms with Crippen LogP contribution in [0.15, 0.2) is 22.7 Å². The predicted molar refractivity (Wildman–Crippen MR) is 80.3 cm³/mol. The Bertz CT molecular complexity index is 403. The first-order chi connectivity index (χ1) is 8.61. The third-order valence-electron chi connectivity index (χ3n) is 4.00. The SMILES string of the molecule is CC1CCC(C(NN)c2cc(Br)ccc2Cl)CC1. The molecule has 1 aliphatic carbocycles. The molecule has 100 valence electrons. The highest BCUT2D eigenvalue weighted by atomic mass is 79.9. The van der Waals surface area contributed by atoms with E-state index < -0.39 is 0 Å². The van der Waals surface area contributed by atoms with Crippen LogP contribution in [0.3, 0.4) is 0 Å². The summed E-state index contributed by atoms with van der Waals surface area (Å²) in [6, 6.07) is 6.12. The summed E-state index contributed by atoms with van der Waals surface area (Å²) in [4.78, 5) is 0. The van der Waals surface area contributed by atoms with E-state index in [2.05, 4.69) is 34.3 Å². The molecule has 0 aliphatic heterocycles. The molecule has 1 aromatic rings. The molecule has 0 radical (unpaired) electrons. The van der Waals surface area contributed by atoms with Crippen LogP contribution in [0.4, 0.5) is 0 Å². The lowest BCUT2D eigenvalue weighted by atomic mass is 9.77. The first-order valence-corrected chi connectivity index (χ1v) is 7.70. The van der Waals surface area contributed by atoms with Crippen molar-refractivity contribution < 1.29 is 0 Å². The smallest absolute Gasteiger partial charge is 0.0503 e. The van der Waals surface area contributed by atoms with E-state index in [4.69, 9.17) is 17.4 Å². The molecule has 0 saturated heterocycles. The Morgan fingerprint density at radius 3 is 2.61 bits per heavy atom. The van der Waals surface area contributed by atoms with Crippen molar-refractivity contribution in [1.82, 2.24) is 5.43 Å². The molecular formula is C14H20BrClN2. The van der Waals surface area contributed by atoms with Gasteiger partial charge in [-0.25, -0.2) is 0 Å². The Hall–Kier alpha value is -0.0900. The maximum absolute atomic E-state index is 6.30. The van der Waals surface area contributed by atoms with Crippen molar-refractivity contribution in [3.63, 3.8) is 0 Å². The average molecular weight is 332 g/mol. The second-order valence-corrected chi connectivity index (χ2v) is 6.65. The van der Waals surface area contributed by atoms with E-state index in [1.807, 2.05) is 12.1 Å². The van der Waals surface area contributed by atoms with E-state index in [9.17, 15) is 0 Å². The fourth-order valence-electron chi connectivity index (χ4n) is 2.85. The van der Waals surface area contributed by atoms with Gasteiger partial charge in [-0.05, 0) is 48.4 Å². The fraction of sp³-hybridized carbons (Fsp3) is 0.571. The molecule has 2 nitrogen and oxygen atoms in total. The fourth-order valence-corrected chi connectivity index (χ4v) is 3.47. The number of hydrogen-bond acceptors (Lipinski definition) is 2. The number of hydrazine groups is 1. The quantitative estimate of drug-likeness (QED) is 0.635. The van der Waals surface area contributed by atoms with Crippen LogP contribution in [0.5, 0.6) is 0 Å². The third kappa shape index (κ3) is 3.27. The molecule has 3 N–H and O–H groups in total. The van der Waals surface area contributed by atoms with Crippen LogP contribution in [-0.4, -0.2) is 0 Å². The molecule has 0 bridgehead atoms. The number of nitrogens with one attached hydrogen (secondary N) is 1. The zero-order valence-corrected chi connectivity index (χ0v) is 13.0. The van der Waals surface area contributed by atoms with Gasteiger partial charge in [-0.15, -0.1) is 0 Å². The molecule has 1 atom stereocenters. The Morgan fingerprint density at radius 1 is 1.33 bits per heavy atom. The Balaban J connectivity index is 2.19. The number of rotatable bonds is 3. The van der Waals surface area contributed by atoms with Crippen molar-refractivity contribution >= 4 is 27.5 Å².